The molecule has 6 heteroatoms. The summed E-state index contributed by atoms with van der Waals surface area (Å²) < 4.78 is 16.9. The van der Waals surface area contributed by atoms with Gasteiger partial charge in [-0.3, -0.25) is 14.4 Å². The number of rotatable bonds is 57. The fraction of sp³-hybridized carbons (Fsp3) is 0.889. The molecular weight excluding hydrogens is 853 g/mol. The van der Waals surface area contributed by atoms with E-state index in [1.165, 1.54) is 244 Å². The van der Waals surface area contributed by atoms with Crippen molar-refractivity contribution in [2.45, 2.75) is 348 Å². The normalized spacial score (nSPS) is 12.1. The van der Waals surface area contributed by atoms with E-state index in [9.17, 15) is 14.4 Å². The van der Waals surface area contributed by atoms with Gasteiger partial charge >= 0.3 is 17.9 Å². The van der Waals surface area contributed by atoms with Gasteiger partial charge in [0.25, 0.3) is 0 Å². The van der Waals surface area contributed by atoms with Crippen molar-refractivity contribution in [1.29, 1.82) is 0 Å². The smallest absolute Gasteiger partial charge is 0.306 e. The summed E-state index contributed by atoms with van der Waals surface area (Å²) in [6.07, 6.45) is 68.9. The molecule has 1 unspecified atom stereocenters. The molecule has 0 saturated heterocycles. The van der Waals surface area contributed by atoms with Crippen LogP contribution in [0, 0.1) is 0 Å². The van der Waals surface area contributed by atoms with Crippen LogP contribution in [-0.2, 0) is 28.6 Å². The predicted octanol–water partition coefficient (Wildman–Crippen LogP) is 20.7. The van der Waals surface area contributed by atoms with Crippen LogP contribution in [0.4, 0.5) is 0 Å². The zero-order chi connectivity index (χ0) is 50.0. The predicted molar refractivity (Wildman–Crippen MR) is 298 cm³/mol. The molecule has 406 valence electrons. The maximum absolute atomic E-state index is 12.9. The molecule has 69 heavy (non-hydrogen) atoms. The number of hydrogen-bond donors (Lipinski definition) is 0. The zero-order valence-electron chi connectivity index (χ0n) is 46.6. The van der Waals surface area contributed by atoms with E-state index in [1.54, 1.807) is 0 Å². The average molecular weight is 972 g/mol. The number of carbonyl (C=O) groups excluding carboxylic acids is 3. The average Bonchev–Trinajstić information content (AvgIpc) is 3.35. The molecule has 0 spiro atoms. The van der Waals surface area contributed by atoms with Crippen LogP contribution in [0.25, 0.3) is 0 Å². The van der Waals surface area contributed by atoms with Gasteiger partial charge in [-0.15, -0.1) is 0 Å². The maximum atomic E-state index is 12.9. The van der Waals surface area contributed by atoms with Gasteiger partial charge in [-0.2, -0.15) is 0 Å². The van der Waals surface area contributed by atoms with Crippen molar-refractivity contribution in [2.24, 2.45) is 0 Å². The first-order valence-electron chi connectivity index (χ1n) is 30.8. The summed E-state index contributed by atoms with van der Waals surface area (Å²) in [7, 11) is 0. The Morgan fingerprint density at radius 2 is 0.478 bits per heavy atom. The lowest BCUT2D eigenvalue weighted by Gasteiger charge is -2.18. The van der Waals surface area contributed by atoms with E-state index in [4.69, 9.17) is 14.2 Å². The summed E-state index contributed by atoms with van der Waals surface area (Å²) in [5.74, 6) is -0.856. The highest BCUT2D eigenvalue weighted by Gasteiger charge is 2.19. The van der Waals surface area contributed by atoms with E-state index in [2.05, 4.69) is 45.1 Å². The Morgan fingerprint density at radius 1 is 0.275 bits per heavy atom. The van der Waals surface area contributed by atoms with Crippen molar-refractivity contribution >= 4 is 17.9 Å². The minimum atomic E-state index is -0.772. The Hall–Kier alpha value is -2.11. The van der Waals surface area contributed by atoms with Gasteiger partial charge in [-0.1, -0.05) is 276 Å². The molecule has 0 heterocycles. The molecule has 0 radical (unpaired) electrons. The molecule has 0 aromatic carbocycles. The summed E-state index contributed by atoms with van der Waals surface area (Å²) in [6.45, 7) is 6.69. The molecule has 0 N–H and O–H groups in total. The van der Waals surface area contributed by atoms with Crippen molar-refractivity contribution in [3.05, 3.63) is 24.3 Å². The summed E-state index contributed by atoms with van der Waals surface area (Å²) >= 11 is 0. The number of ether oxygens (including phenoxy) is 3. The number of allylic oxidation sites excluding steroid dienone is 4. The second kappa shape index (κ2) is 58.5. The van der Waals surface area contributed by atoms with Crippen molar-refractivity contribution in [2.75, 3.05) is 13.2 Å². The second-order valence-corrected chi connectivity index (χ2v) is 21.0. The van der Waals surface area contributed by atoms with Gasteiger partial charge in [0.2, 0.25) is 0 Å². The third kappa shape index (κ3) is 56.7. The summed E-state index contributed by atoms with van der Waals surface area (Å²) in [6, 6.07) is 0. The summed E-state index contributed by atoms with van der Waals surface area (Å²) in [5.41, 5.74) is 0. The maximum Gasteiger partial charge on any atom is 0.306 e. The topological polar surface area (TPSA) is 78.9 Å². The standard InChI is InChI=1S/C63H118O6/c1-4-7-10-13-16-19-22-25-27-29-31-33-35-38-41-44-47-50-53-56-62(65)68-59-60(58-67-61(64)55-52-49-46-43-40-37-24-21-18-15-12-9-6-3)69-63(66)57-54-51-48-45-42-39-36-34-32-30-28-26-23-20-17-14-11-8-5-2/h29-32,60H,4-28,33-59H2,1-3H3/b31-29-,32-30-. The van der Waals surface area contributed by atoms with Gasteiger partial charge in [0.15, 0.2) is 6.10 Å². The van der Waals surface area contributed by atoms with E-state index in [1.807, 2.05) is 0 Å². The minimum absolute atomic E-state index is 0.0697. The van der Waals surface area contributed by atoms with Gasteiger partial charge in [0, 0.05) is 19.3 Å². The molecule has 6 nitrogen and oxygen atoms in total. The number of unbranched alkanes of at least 4 members (excludes halogenated alkanes) is 42. The van der Waals surface area contributed by atoms with Gasteiger partial charge in [-0.05, 0) is 70.6 Å². The molecule has 1 atom stereocenters. The van der Waals surface area contributed by atoms with Gasteiger partial charge < -0.3 is 14.2 Å². The summed E-state index contributed by atoms with van der Waals surface area (Å²) in [5, 5.41) is 0. The van der Waals surface area contributed by atoms with Crippen LogP contribution in [0.1, 0.15) is 342 Å². The third-order valence-corrected chi connectivity index (χ3v) is 13.9. The van der Waals surface area contributed by atoms with Crippen LogP contribution in [0.2, 0.25) is 0 Å². The Bertz CT molecular complexity index is 1110. The van der Waals surface area contributed by atoms with Gasteiger partial charge in [0.05, 0.1) is 0 Å². The van der Waals surface area contributed by atoms with E-state index in [0.29, 0.717) is 19.3 Å². The Balaban J connectivity index is 4.31. The van der Waals surface area contributed by atoms with Crippen LogP contribution in [0.15, 0.2) is 24.3 Å². The molecule has 0 aromatic rings. The van der Waals surface area contributed by atoms with Gasteiger partial charge in [0.1, 0.15) is 13.2 Å². The van der Waals surface area contributed by atoms with Crippen molar-refractivity contribution in [1.82, 2.24) is 0 Å². The first-order valence-corrected chi connectivity index (χ1v) is 30.8. The fourth-order valence-electron chi connectivity index (χ4n) is 9.26. The zero-order valence-corrected chi connectivity index (χ0v) is 46.6. The van der Waals surface area contributed by atoms with Crippen LogP contribution in [0.5, 0.6) is 0 Å². The van der Waals surface area contributed by atoms with Crippen LogP contribution in [-0.4, -0.2) is 37.2 Å². The Labute approximate surface area is 430 Å². The first kappa shape index (κ1) is 66.9. The highest BCUT2D eigenvalue weighted by Crippen LogP contribution is 2.17. The SMILES string of the molecule is CCCCCCCCCC/C=C\CCCCCCCCCC(=O)OCC(COC(=O)CCCCCCCCCCCCCCC)OC(=O)CCCCCCCCC/C=C\CCCCCCCCCC. The number of carbonyl (C=O) groups is 3. The molecule has 0 aliphatic rings. The highest BCUT2D eigenvalue weighted by molar-refractivity contribution is 5.71. The van der Waals surface area contributed by atoms with Gasteiger partial charge in [-0.25, -0.2) is 0 Å². The molecular formula is C63H118O6. The molecule has 0 saturated carbocycles. The number of esters is 3. The van der Waals surface area contributed by atoms with Crippen molar-refractivity contribution in [3.8, 4) is 0 Å². The lowest BCUT2D eigenvalue weighted by molar-refractivity contribution is -0.167. The lowest BCUT2D eigenvalue weighted by Crippen LogP contribution is -2.30. The quantitative estimate of drug-likeness (QED) is 0.0261. The fourth-order valence-corrected chi connectivity index (χ4v) is 9.26. The molecule has 0 bridgehead atoms. The van der Waals surface area contributed by atoms with Crippen LogP contribution < -0.4 is 0 Å². The molecule has 0 aliphatic heterocycles. The molecule has 0 aromatic heterocycles. The number of hydrogen-bond acceptors (Lipinski definition) is 6. The minimum Gasteiger partial charge on any atom is -0.462 e. The Morgan fingerprint density at radius 3 is 0.725 bits per heavy atom. The van der Waals surface area contributed by atoms with E-state index in [-0.39, 0.29) is 31.1 Å². The van der Waals surface area contributed by atoms with Crippen molar-refractivity contribution in [3.63, 3.8) is 0 Å². The third-order valence-electron chi connectivity index (χ3n) is 13.9. The molecule has 0 amide bonds. The van der Waals surface area contributed by atoms with Crippen LogP contribution >= 0.6 is 0 Å². The van der Waals surface area contributed by atoms with Crippen LogP contribution in [0.3, 0.4) is 0 Å². The largest absolute Gasteiger partial charge is 0.462 e. The molecule has 0 rings (SSSR count). The molecule has 0 fully saturated rings. The monoisotopic (exact) mass is 971 g/mol. The van der Waals surface area contributed by atoms with E-state index < -0.39 is 6.10 Å². The molecule has 0 aliphatic carbocycles. The lowest BCUT2D eigenvalue weighted by atomic mass is 10.0. The van der Waals surface area contributed by atoms with E-state index in [0.717, 1.165) is 57.8 Å². The highest BCUT2D eigenvalue weighted by atomic mass is 16.6. The Kier molecular flexibility index (Phi) is 56.7. The second-order valence-electron chi connectivity index (χ2n) is 21.0. The summed E-state index contributed by atoms with van der Waals surface area (Å²) in [4.78, 5) is 38.2. The van der Waals surface area contributed by atoms with Crippen molar-refractivity contribution < 1.29 is 28.6 Å². The van der Waals surface area contributed by atoms with E-state index >= 15 is 0 Å². The first-order chi connectivity index (χ1) is 34.0.